The fourth-order valence-corrected chi connectivity index (χ4v) is 5.39. The van der Waals surface area contributed by atoms with Gasteiger partial charge in [0, 0.05) is 31.1 Å². The summed E-state index contributed by atoms with van der Waals surface area (Å²) in [7, 11) is 2.97. The van der Waals surface area contributed by atoms with Crippen molar-refractivity contribution in [3.05, 3.63) is 66.0 Å². The van der Waals surface area contributed by atoms with Gasteiger partial charge in [0.1, 0.15) is 17.3 Å². The van der Waals surface area contributed by atoms with Crippen LogP contribution in [0.1, 0.15) is 18.4 Å². The van der Waals surface area contributed by atoms with E-state index in [-0.39, 0.29) is 11.9 Å². The van der Waals surface area contributed by atoms with Crippen LogP contribution in [0, 0.1) is 24.6 Å². The fraction of sp³-hybridized carbons (Fsp3) is 0.286. The van der Waals surface area contributed by atoms with E-state index < -0.39 is 11.8 Å². The van der Waals surface area contributed by atoms with Crippen LogP contribution in [0.15, 0.2) is 48.7 Å². The molecule has 0 N–H and O–H groups in total. The molecule has 6 rings (SSSR count). The number of benzene rings is 2. The number of ether oxygens (including phenoxy) is 1. The highest BCUT2D eigenvalue weighted by atomic mass is 19.1. The number of carbonyl (C=O) groups excluding carboxylic acids is 1. The summed E-state index contributed by atoms with van der Waals surface area (Å²) in [6.45, 7) is 3.24. The molecule has 0 aliphatic carbocycles. The minimum absolute atomic E-state index is 0.0816. The third-order valence-electron chi connectivity index (χ3n) is 7.31. The van der Waals surface area contributed by atoms with E-state index in [4.69, 9.17) is 9.84 Å². The van der Waals surface area contributed by atoms with Gasteiger partial charge in [0.15, 0.2) is 0 Å². The van der Waals surface area contributed by atoms with Gasteiger partial charge in [-0.25, -0.2) is 18.7 Å². The van der Waals surface area contributed by atoms with E-state index in [1.807, 2.05) is 19.1 Å². The fourth-order valence-electron chi connectivity index (χ4n) is 5.39. The SMILES string of the molecule is COC(=O)C1CCN(c2ccc(-n3nc(-c4cccc5nn(C)c(F)c45)c4cc(F)cc(C)c43)cn2)CC1. The monoisotopic (exact) mass is 516 g/mol. The Kier molecular flexibility index (Phi) is 5.81. The lowest BCUT2D eigenvalue weighted by Gasteiger charge is -2.31. The molecule has 0 unspecified atom stereocenters. The largest absolute Gasteiger partial charge is 0.469 e. The van der Waals surface area contributed by atoms with Gasteiger partial charge in [-0.05, 0) is 55.7 Å². The van der Waals surface area contributed by atoms with Gasteiger partial charge in [0.25, 0.3) is 0 Å². The van der Waals surface area contributed by atoms with Crippen LogP contribution in [0.4, 0.5) is 14.6 Å². The van der Waals surface area contributed by atoms with Gasteiger partial charge in [-0.15, -0.1) is 0 Å². The highest BCUT2D eigenvalue weighted by Crippen LogP contribution is 2.37. The molecule has 38 heavy (non-hydrogen) atoms. The van der Waals surface area contributed by atoms with E-state index in [1.54, 1.807) is 36.1 Å². The van der Waals surface area contributed by atoms with E-state index in [0.717, 1.165) is 11.3 Å². The molecule has 2 aromatic carbocycles. The summed E-state index contributed by atoms with van der Waals surface area (Å²) < 4.78 is 37.4. The standard InChI is InChI=1S/C28H26F2N6O2/c1-16-13-18(29)14-21-25(20-5-4-6-22-24(20)27(30)34(2)32-22)33-36(26(16)21)19-7-8-23(31-15-19)35-11-9-17(10-12-35)28(37)38-3/h4-8,13-15,17H,9-12H2,1-3H3. The third-order valence-corrected chi connectivity index (χ3v) is 7.31. The number of methoxy groups -OCH3 is 1. The molecule has 0 atom stereocenters. The number of carbonyl (C=O) groups is 1. The molecule has 1 aliphatic rings. The van der Waals surface area contributed by atoms with Crippen LogP contribution in [0.2, 0.25) is 0 Å². The van der Waals surface area contributed by atoms with Crippen LogP contribution in [-0.2, 0) is 16.6 Å². The van der Waals surface area contributed by atoms with Crippen molar-refractivity contribution < 1.29 is 18.3 Å². The normalized spacial score (nSPS) is 14.5. The highest BCUT2D eigenvalue weighted by Gasteiger charge is 2.26. The Morgan fingerprint density at radius 3 is 2.58 bits per heavy atom. The van der Waals surface area contributed by atoms with Crippen molar-refractivity contribution in [2.24, 2.45) is 13.0 Å². The van der Waals surface area contributed by atoms with Crippen molar-refractivity contribution in [1.82, 2.24) is 24.5 Å². The molecule has 8 nitrogen and oxygen atoms in total. The molecule has 0 radical (unpaired) electrons. The van der Waals surface area contributed by atoms with Gasteiger partial charge in [0.2, 0.25) is 5.95 Å². The summed E-state index contributed by atoms with van der Waals surface area (Å²) in [5, 5.41) is 10.0. The summed E-state index contributed by atoms with van der Waals surface area (Å²) in [4.78, 5) is 18.7. The zero-order valence-electron chi connectivity index (χ0n) is 21.3. The van der Waals surface area contributed by atoms with Crippen LogP contribution in [-0.4, -0.2) is 50.7 Å². The second-order valence-corrected chi connectivity index (χ2v) is 9.65. The van der Waals surface area contributed by atoms with Gasteiger partial charge in [-0.1, -0.05) is 12.1 Å². The molecule has 1 fully saturated rings. The van der Waals surface area contributed by atoms with Crippen molar-refractivity contribution in [1.29, 1.82) is 0 Å². The maximum absolute atomic E-state index is 15.1. The predicted octanol–water partition coefficient (Wildman–Crippen LogP) is 4.95. The van der Waals surface area contributed by atoms with Gasteiger partial charge in [-0.3, -0.25) is 4.79 Å². The zero-order valence-corrected chi connectivity index (χ0v) is 21.3. The molecule has 194 valence electrons. The topological polar surface area (TPSA) is 78.1 Å². The number of rotatable bonds is 4. The molecule has 0 amide bonds. The van der Waals surface area contributed by atoms with Crippen LogP contribution in [0.25, 0.3) is 38.8 Å². The summed E-state index contributed by atoms with van der Waals surface area (Å²) in [5.74, 6) is -0.310. The van der Waals surface area contributed by atoms with Crippen molar-refractivity contribution in [3.63, 3.8) is 0 Å². The molecule has 1 aliphatic heterocycles. The average Bonchev–Trinajstić information content (AvgIpc) is 3.45. The molecule has 0 spiro atoms. The second-order valence-electron chi connectivity index (χ2n) is 9.65. The van der Waals surface area contributed by atoms with Crippen LogP contribution < -0.4 is 4.90 Å². The number of aromatic nitrogens is 5. The first kappa shape index (κ1) is 24.0. The van der Waals surface area contributed by atoms with Crippen molar-refractivity contribution in [2.75, 3.05) is 25.1 Å². The number of esters is 1. The summed E-state index contributed by atoms with van der Waals surface area (Å²) >= 11 is 0. The van der Waals surface area contributed by atoms with E-state index in [1.165, 1.54) is 23.9 Å². The first-order valence-electron chi connectivity index (χ1n) is 12.5. The smallest absolute Gasteiger partial charge is 0.308 e. The molecule has 0 saturated carbocycles. The Bertz CT molecular complexity index is 1680. The van der Waals surface area contributed by atoms with Crippen LogP contribution in [0.5, 0.6) is 0 Å². The first-order chi connectivity index (χ1) is 18.4. The minimum atomic E-state index is -0.478. The van der Waals surface area contributed by atoms with Crippen molar-refractivity contribution >= 4 is 33.6 Å². The van der Waals surface area contributed by atoms with E-state index in [2.05, 4.69) is 15.0 Å². The summed E-state index contributed by atoms with van der Waals surface area (Å²) in [5.41, 5.74) is 3.62. The zero-order chi connectivity index (χ0) is 26.6. The average molecular weight is 517 g/mol. The highest BCUT2D eigenvalue weighted by molar-refractivity contribution is 6.03. The number of halogens is 2. The lowest BCUT2D eigenvalue weighted by atomic mass is 9.97. The Labute approximate surface area is 217 Å². The maximum atomic E-state index is 15.1. The number of piperidine rings is 1. The number of hydrogen-bond donors (Lipinski definition) is 0. The van der Waals surface area contributed by atoms with E-state index in [9.17, 15) is 9.18 Å². The lowest BCUT2D eigenvalue weighted by Crippen LogP contribution is -2.37. The van der Waals surface area contributed by atoms with Gasteiger partial charge >= 0.3 is 5.97 Å². The number of aryl methyl sites for hydroxylation is 2. The molecular formula is C28H26F2N6O2. The minimum Gasteiger partial charge on any atom is -0.469 e. The van der Waals surface area contributed by atoms with Crippen molar-refractivity contribution in [3.8, 4) is 16.9 Å². The molecule has 4 heterocycles. The van der Waals surface area contributed by atoms with Gasteiger partial charge in [0.05, 0.1) is 41.3 Å². The Balaban J connectivity index is 1.42. The lowest BCUT2D eigenvalue weighted by molar-refractivity contribution is -0.146. The molecule has 3 aromatic heterocycles. The van der Waals surface area contributed by atoms with Crippen molar-refractivity contribution in [2.45, 2.75) is 19.8 Å². The van der Waals surface area contributed by atoms with Crippen LogP contribution >= 0.6 is 0 Å². The molecule has 1 saturated heterocycles. The summed E-state index contributed by atoms with van der Waals surface area (Å²) in [6.07, 6.45) is 3.15. The molecular weight excluding hydrogens is 490 g/mol. The van der Waals surface area contributed by atoms with E-state index in [0.29, 0.717) is 64.7 Å². The first-order valence-corrected chi connectivity index (χ1v) is 12.5. The predicted molar refractivity (Wildman–Crippen MR) is 140 cm³/mol. The van der Waals surface area contributed by atoms with Gasteiger partial charge in [-0.2, -0.15) is 14.6 Å². The number of pyridine rings is 1. The number of fused-ring (bicyclic) bond motifs is 2. The number of hydrogen-bond acceptors (Lipinski definition) is 6. The molecule has 0 bridgehead atoms. The number of anilines is 1. The number of nitrogens with zero attached hydrogens (tertiary/aromatic N) is 6. The molecule has 10 heteroatoms. The second kappa shape index (κ2) is 9.20. The van der Waals surface area contributed by atoms with E-state index >= 15 is 4.39 Å². The maximum Gasteiger partial charge on any atom is 0.308 e. The third kappa shape index (κ3) is 3.87. The summed E-state index contributed by atoms with van der Waals surface area (Å²) in [6, 6.07) is 12.0. The quantitative estimate of drug-likeness (QED) is 0.315. The Morgan fingerprint density at radius 2 is 1.87 bits per heavy atom. The Hall–Kier alpha value is -4.34. The molecule has 5 aromatic rings. The van der Waals surface area contributed by atoms with Gasteiger partial charge < -0.3 is 9.64 Å². The van der Waals surface area contributed by atoms with Crippen LogP contribution in [0.3, 0.4) is 0 Å². The Morgan fingerprint density at radius 1 is 1.08 bits per heavy atom.